The van der Waals surface area contributed by atoms with Crippen LogP contribution in [0.15, 0.2) is 0 Å². The van der Waals surface area contributed by atoms with Gasteiger partial charge in [-0.1, -0.05) is 13.8 Å². The standard InChI is InChI=1S/C20H35N3O3/c1-9-11-20(16(24)21-14-19(5,6)15-22(7)8)12-10-13-23(20)17(25)26-18(2,3)4/h1H,10-15H2,2-8H3,(H,21,24)/t20-/m0/s1. The van der Waals surface area contributed by atoms with Crippen LogP contribution < -0.4 is 5.32 Å². The Labute approximate surface area is 158 Å². The SMILES string of the molecule is C#CC[C@@]1(C(=O)NCC(C)(C)CN(C)C)CCCN1C(=O)OC(C)(C)C. The molecule has 1 aliphatic rings. The quantitative estimate of drug-likeness (QED) is 0.735. The van der Waals surface area contributed by atoms with Crippen molar-refractivity contribution in [3.63, 3.8) is 0 Å². The first-order valence-corrected chi connectivity index (χ1v) is 9.20. The average Bonchev–Trinajstić information content (AvgIpc) is 2.87. The van der Waals surface area contributed by atoms with Crippen molar-refractivity contribution >= 4 is 12.0 Å². The number of hydrogen-bond acceptors (Lipinski definition) is 4. The molecule has 1 atom stereocenters. The van der Waals surface area contributed by atoms with Gasteiger partial charge in [0.2, 0.25) is 5.91 Å². The van der Waals surface area contributed by atoms with Crippen LogP contribution in [0.5, 0.6) is 0 Å². The topological polar surface area (TPSA) is 61.9 Å². The minimum atomic E-state index is -1.02. The van der Waals surface area contributed by atoms with Crippen LogP contribution in [-0.2, 0) is 9.53 Å². The van der Waals surface area contributed by atoms with Gasteiger partial charge in [-0.15, -0.1) is 12.3 Å². The van der Waals surface area contributed by atoms with Gasteiger partial charge in [-0.2, -0.15) is 0 Å². The molecule has 6 heteroatoms. The highest BCUT2D eigenvalue weighted by atomic mass is 16.6. The van der Waals surface area contributed by atoms with E-state index in [1.54, 1.807) is 0 Å². The summed E-state index contributed by atoms with van der Waals surface area (Å²) >= 11 is 0. The van der Waals surface area contributed by atoms with E-state index in [-0.39, 0.29) is 17.7 Å². The molecule has 148 valence electrons. The van der Waals surface area contributed by atoms with Gasteiger partial charge >= 0.3 is 6.09 Å². The molecule has 0 aromatic rings. The molecule has 1 aliphatic heterocycles. The summed E-state index contributed by atoms with van der Waals surface area (Å²) in [4.78, 5) is 29.4. The lowest BCUT2D eigenvalue weighted by Crippen LogP contribution is -2.59. The molecule has 0 aromatic heterocycles. The number of ether oxygens (including phenoxy) is 1. The van der Waals surface area contributed by atoms with Gasteiger partial charge in [0.1, 0.15) is 11.1 Å². The normalized spacial score (nSPS) is 20.8. The van der Waals surface area contributed by atoms with Crippen LogP contribution in [0, 0.1) is 17.8 Å². The third-order valence-electron chi connectivity index (χ3n) is 4.39. The molecule has 0 unspecified atom stereocenters. The number of nitrogens with one attached hydrogen (secondary N) is 1. The molecule has 0 radical (unpaired) electrons. The Hall–Kier alpha value is -1.74. The summed E-state index contributed by atoms with van der Waals surface area (Å²) in [7, 11) is 4.01. The summed E-state index contributed by atoms with van der Waals surface area (Å²) in [6.45, 7) is 11.5. The van der Waals surface area contributed by atoms with Gasteiger partial charge in [-0.05, 0) is 53.1 Å². The lowest BCUT2D eigenvalue weighted by atomic mass is 9.89. The Bertz CT molecular complexity index is 558. The number of hydrogen-bond donors (Lipinski definition) is 1. The van der Waals surface area contributed by atoms with Gasteiger partial charge in [-0.25, -0.2) is 4.79 Å². The number of carbonyl (C=O) groups is 2. The number of terminal acetylenes is 1. The summed E-state index contributed by atoms with van der Waals surface area (Å²) in [5.41, 5.74) is -1.73. The summed E-state index contributed by atoms with van der Waals surface area (Å²) < 4.78 is 5.50. The predicted octanol–water partition coefficient (Wildman–Crippen LogP) is 2.48. The predicted molar refractivity (Wildman–Crippen MR) is 104 cm³/mol. The largest absolute Gasteiger partial charge is 0.444 e. The van der Waals surface area contributed by atoms with Crippen LogP contribution >= 0.6 is 0 Å². The Morgan fingerprint density at radius 3 is 2.38 bits per heavy atom. The van der Waals surface area contributed by atoms with Crippen molar-refractivity contribution in [3.8, 4) is 12.3 Å². The highest BCUT2D eigenvalue weighted by molar-refractivity contribution is 5.91. The molecule has 1 rings (SSSR count). The van der Waals surface area contributed by atoms with Crippen molar-refractivity contribution in [2.45, 2.75) is 65.0 Å². The monoisotopic (exact) mass is 365 g/mol. The summed E-state index contributed by atoms with van der Waals surface area (Å²) in [5, 5.41) is 3.03. The minimum Gasteiger partial charge on any atom is -0.444 e. The van der Waals surface area contributed by atoms with Crippen molar-refractivity contribution < 1.29 is 14.3 Å². The first-order chi connectivity index (χ1) is 11.8. The van der Waals surface area contributed by atoms with Gasteiger partial charge in [0.05, 0.1) is 0 Å². The summed E-state index contributed by atoms with van der Waals surface area (Å²) in [6.07, 6.45) is 6.54. The van der Waals surface area contributed by atoms with E-state index >= 15 is 0 Å². The lowest BCUT2D eigenvalue weighted by Gasteiger charge is -2.38. The third kappa shape index (κ3) is 5.91. The zero-order chi connectivity index (χ0) is 20.2. The average molecular weight is 366 g/mol. The Balaban J connectivity index is 2.95. The fourth-order valence-corrected chi connectivity index (χ4v) is 3.53. The molecule has 1 heterocycles. The minimum absolute atomic E-state index is 0.0914. The molecule has 0 spiro atoms. The molecular weight excluding hydrogens is 330 g/mol. The van der Waals surface area contributed by atoms with E-state index < -0.39 is 17.2 Å². The Kier molecular flexibility index (Phi) is 7.12. The number of rotatable bonds is 6. The Morgan fingerprint density at radius 2 is 1.88 bits per heavy atom. The van der Waals surface area contributed by atoms with E-state index in [4.69, 9.17) is 11.2 Å². The van der Waals surface area contributed by atoms with Gasteiger partial charge in [0, 0.05) is 26.1 Å². The maximum atomic E-state index is 13.1. The maximum absolute atomic E-state index is 13.1. The second kappa shape index (κ2) is 8.30. The zero-order valence-corrected chi connectivity index (χ0v) is 17.4. The van der Waals surface area contributed by atoms with Crippen LogP contribution in [0.4, 0.5) is 4.79 Å². The van der Waals surface area contributed by atoms with E-state index in [9.17, 15) is 9.59 Å². The van der Waals surface area contributed by atoms with Crippen LogP contribution in [0.25, 0.3) is 0 Å². The van der Waals surface area contributed by atoms with Crippen molar-refractivity contribution in [3.05, 3.63) is 0 Å². The van der Waals surface area contributed by atoms with Crippen molar-refractivity contribution in [2.24, 2.45) is 5.41 Å². The molecule has 1 fully saturated rings. The van der Waals surface area contributed by atoms with E-state index in [0.29, 0.717) is 19.5 Å². The van der Waals surface area contributed by atoms with Crippen LogP contribution in [-0.4, -0.2) is 66.7 Å². The fourth-order valence-electron chi connectivity index (χ4n) is 3.53. The summed E-state index contributed by atoms with van der Waals surface area (Å²) in [6, 6.07) is 0. The molecule has 0 saturated carbocycles. The molecule has 6 nitrogen and oxygen atoms in total. The molecule has 26 heavy (non-hydrogen) atoms. The first kappa shape index (κ1) is 22.3. The van der Waals surface area contributed by atoms with E-state index in [1.807, 2.05) is 34.9 Å². The van der Waals surface area contributed by atoms with Gasteiger partial charge in [0.25, 0.3) is 0 Å². The van der Waals surface area contributed by atoms with E-state index in [2.05, 4.69) is 30.0 Å². The number of nitrogens with zero attached hydrogens (tertiary/aromatic N) is 2. The maximum Gasteiger partial charge on any atom is 0.411 e. The number of likely N-dealkylation sites (tertiary alicyclic amines) is 1. The molecule has 0 bridgehead atoms. The Morgan fingerprint density at radius 1 is 1.27 bits per heavy atom. The molecule has 2 amide bonds. The zero-order valence-electron chi connectivity index (χ0n) is 17.4. The van der Waals surface area contributed by atoms with Gasteiger partial charge in [0.15, 0.2) is 0 Å². The molecule has 0 aliphatic carbocycles. The van der Waals surface area contributed by atoms with Crippen LogP contribution in [0.3, 0.4) is 0 Å². The van der Waals surface area contributed by atoms with E-state index in [0.717, 1.165) is 13.0 Å². The van der Waals surface area contributed by atoms with Crippen molar-refractivity contribution in [2.75, 3.05) is 33.7 Å². The van der Waals surface area contributed by atoms with Gasteiger partial charge in [-0.3, -0.25) is 9.69 Å². The molecular formula is C20H35N3O3. The summed E-state index contributed by atoms with van der Waals surface area (Å²) in [5.74, 6) is 2.40. The van der Waals surface area contributed by atoms with Crippen molar-refractivity contribution in [1.29, 1.82) is 0 Å². The second-order valence-electron chi connectivity index (χ2n) is 9.23. The lowest BCUT2D eigenvalue weighted by molar-refractivity contribution is -0.132. The molecule has 0 aromatic carbocycles. The van der Waals surface area contributed by atoms with E-state index in [1.165, 1.54) is 4.90 Å². The highest BCUT2D eigenvalue weighted by Crippen LogP contribution is 2.34. The highest BCUT2D eigenvalue weighted by Gasteiger charge is 2.50. The fraction of sp³-hybridized carbons (Fsp3) is 0.800. The van der Waals surface area contributed by atoms with Gasteiger partial charge < -0.3 is 15.0 Å². The first-order valence-electron chi connectivity index (χ1n) is 9.20. The number of amides is 2. The van der Waals surface area contributed by atoms with Crippen LogP contribution in [0.1, 0.15) is 53.9 Å². The second-order valence-corrected chi connectivity index (χ2v) is 9.23. The number of carbonyl (C=O) groups excluding carboxylic acids is 2. The van der Waals surface area contributed by atoms with Crippen molar-refractivity contribution in [1.82, 2.24) is 15.1 Å². The smallest absolute Gasteiger partial charge is 0.411 e. The third-order valence-corrected chi connectivity index (χ3v) is 4.39. The van der Waals surface area contributed by atoms with Crippen LogP contribution in [0.2, 0.25) is 0 Å². The molecule has 1 N–H and O–H groups in total. The molecule has 1 saturated heterocycles.